The van der Waals surface area contributed by atoms with Crippen LogP contribution in [-0.2, 0) is 9.84 Å². The van der Waals surface area contributed by atoms with Gasteiger partial charge in [-0.15, -0.1) is 0 Å². The Morgan fingerprint density at radius 1 is 1.36 bits per heavy atom. The monoisotopic (exact) mass is 386 g/mol. The molecule has 1 aliphatic heterocycles. The molecular formula is C17H28N3O3S2+. The second-order valence-electron chi connectivity index (χ2n) is 6.59. The predicted octanol–water partition coefficient (Wildman–Crippen LogP) is 0.416. The minimum atomic E-state index is -2.95. The van der Waals surface area contributed by atoms with Crippen LogP contribution in [-0.4, -0.2) is 69.8 Å². The van der Waals surface area contributed by atoms with Crippen LogP contribution in [0.25, 0.3) is 0 Å². The van der Waals surface area contributed by atoms with Crippen LogP contribution in [0.15, 0.2) is 24.3 Å². The van der Waals surface area contributed by atoms with Crippen LogP contribution in [0.2, 0.25) is 0 Å². The van der Waals surface area contributed by atoms with Crippen molar-refractivity contribution in [1.29, 1.82) is 0 Å². The van der Waals surface area contributed by atoms with Crippen molar-refractivity contribution < 1.29 is 18.1 Å². The van der Waals surface area contributed by atoms with E-state index < -0.39 is 9.84 Å². The number of hydrogen-bond donors (Lipinski definition) is 2. The van der Waals surface area contributed by atoms with Crippen LogP contribution < -0.4 is 15.0 Å². The summed E-state index contributed by atoms with van der Waals surface area (Å²) in [5.41, 5.74) is 0.872. The van der Waals surface area contributed by atoms with Gasteiger partial charge >= 0.3 is 0 Å². The fraction of sp³-hybridized carbons (Fsp3) is 0.588. The predicted molar refractivity (Wildman–Crippen MR) is 105 cm³/mol. The molecule has 2 N–H and O–H groups in total. The molecule has 0 amide bonds. The highest BCUT2D eigenvalue weighted by Gasteiger charge is 2.33. The number of ether oxygens (including phenoxy) is 1. The number of rotatable bonds is 7. The number of nitrogens with zero attached hydrogens (tertiary/aromatic N) is 1. The van der Waals surface area contributed by atoms with Crippen LogP contribution >= 0.6 is 12.2 Å². The molecule has 1 aromatic rings. The largest absolute Gasteiger partial charge is 0.494 e. The van der Waals surface area contributed by atoms with E-state index in [-0.39, 0.29) is 17.5 Å². The Morgan fingerprint density at radius 2 is 2.04 bits per heavy atom. The zero-order valence-electron chi connectivity index (χ0n) is 15.1. The van der Waals surface area contributed by atoms with Gasteiger partial charge < -0.3 is 19.9 Å². The first kappa shape index (κ1) is 19.9. The van der Waals surface area contributed by atoms with Crippen molar-refractivity contribution in [2.75, 3.05) is 50.6 Å². The molecule has 0 spiro atoms. The minimum absolute atomic E-state index is 0.0490. The van der Waals surface area contributed by atoms with Crippen molar-refractivity contribution in [3.63, 3.8) is 0 Å². The van der Waals surface area contributed by atoms with E-state index in [1.165, 1.54) is 4.90 Å². The lowest BCUT2D eigenvalue weighted by Gasteiger charge is -2.31. The number of quaternary nitrogens is 1. The molecule has 1 fully saturated rings. The topological polar surface area (TPSA) is 63.1 Å². The second-order valence-corrected chi connectivity index (χ2v) is 9.21. The molecule has 0 bridgehead atoms. The number of nitrogens with one attached hydrogen (secondary N) is 2. The highest BCUT2D eigenvalue weighted by molar-refractivity contribution is 7.91. The molecular weight excluding hydrogens is 358 g/mol. The summed E-state index contributed by atoms with van der Waals surface area (Å²) in [6.07, 6.45) is 0.635. The van der Waals surface area contributed by atoms with Crippen molar-refractivity contribution in [2.24, 2.45) is 0 Å². The van der Waals surface area contributed by atoms with Gasteiger partial charge in [0.05, 0.1) is 45.3 Å². The van der Waals surface area contributed by atoms with E-state index in [9.17, 15) is 8.42 Å². The summed E-state index contributed by atoms with van der Waals surface area (Å²) in [7, 11) is 1.20. The van der Waals surface area contributed by atoms with Gasteiger partial charge in [-0.3, -0.25) is 0 Å². The smallest absolute Gasteiger partial charge is 0.173 e. The number of benzene rings is 1. The minimum Gasteiger partial charge on any atom is -0.494 e. The Balaban J connectivity index is 2.06. The lowest BCUT2D eigenvalue weighted by atomic mass is 10.2. The lowest BCUT2D eigenvalue weighted by Crippen LogP contribution is -3.06. The Bertz CT molecular complexity index is 675. The Morgan fingerprint density at radius 3 is 2.56 bits per heavy atom. The molecule has 1 aromatic carbocycles. The van der Waals surface area contributed by atoms with Crippen LogP contribution in [0.3, 0.4) is 0 Å². The molecule has 0 unspecified atom stereocenters. The maximum atomic E-state index is 11.9. The summed E-state index contributed by atoms with van der Waals surface area (Å²) >= 11 is 5.58. The molecule has 140 valence electrons. The second kappa shape index (κ2) is 8.82. The van der Waals surface area contributed by atoms with Crippen molar-refractivity contribution in [3.8, 4) is 5.75 Å². The number of sulfone groups is 1. The maximum absolute atomic E-state index is 11.9. The van der Waals surface area contributed by atoms with Gasteiger partial charge in [0.2, 0.25) is 0 Å². The summed E-state index contributed by atoms with van der Waals surface area (Å²) in [5, 5.41) is 3.81. The lowest BCUT2D eigenvalue weighted by molar-refractivity contribution is -0.857. The summed E-state index contributed by atoms with van der Waals surface area (Å²) in [6, 6.07) is 7.56. The molecule has 1 aliphatic rings. The van der Waals surface area contributed by atoms with Gasteiger partial charge in [-0.25, -0.2) is 8.42 Å². The number of thiocarbonyl (C=S) groups is 1. The first-order chi connectivity index (χ1) is 11.8. The summed E-state index contributed by atoms with van der Waals surface area (Å²) in [4.78, 5) is 3.33. The average Bonchev–Trinajstić information content (AvgIpc) is 2.89. The summed E-state index contributed by atoms with van der Waals surface area (Å²) < 4.78 is 29.1. The van der Waals surface area contributed by atoms with Gasteiger partial charge in [0.15, 0.2) is 14.9 Å². The highest BCUT2D eigenvalue weighted by Crippen LogP contribution is 2.20. The van der Waals surface area contributed by atoms with Crippen molar-refractivity contribution >= 4 is 32.9 Å². The molecule has 25 heavy (non-hydrogen) atoms. The van der Waals surface area contributed by atoms with E-state index in [0.29, 0.717) is 18.1 Å². The van der Waals surface area contributed by atoms with Crippen molar-refractivity contribution in [1.82, 2.24) is 4.90 Å². The molecule has 1 saturated heterocycles. The van der Waals surface area contributed by atoms with Gasteiger partial charge in [0.25, 0.3) is 0 Å². The van der Waals surface area contributed by atoms with Crippen LogP contribution in [0, 0.1) is 0 Å². The molecule has 1 atom stereocenters. The van der Waals surface area contributed by atoms with Crippen LogP contribution in [0.4, 0.5) is 5.69 Å². The van der Waals surface area contributed by atoms with Crippen LogP contribution in [0.1, 0.15) is 13.3 Å². The van der Waals surface area contributed by atoms with Gasteiger partial charge in [-0.2, -0.15) is 0 Å². The number of hydrogen-bond acceptors (Lipinski definition) is 4. The fourth-order valence-corrected chi connectivity index (χ4v) is 4.90. The third-order valence-corrected chi connectivity index (χ3v) is 6.27. The first-order valence-corrected chi connectivity index (χ1v) is 10.8. The van der Waals surface area contributed by atoms with E-state index in [0.717, 1.165) is 24.5 Å². The summed E-state index contributed by atoms with van der Waals surface area (Å²) in [5.74, 6) is 1.24. The van der Waals surface area contributed by atoms with Gasteiger partial charge in [0.1, 0.15) is 5.75 Å². The van der Waals surface area contributed by atoms with Gasteiger partial charge in [0, 0.05) is 11.7 Å². The van der Waals surface area contributed by atoms with Gasteiger partial charge in [-0.1, -0.05) is 0 Å². The number of likely N-dealkylation sites (N-methyl/N-ethyl adjacent to an activating group) is 1. The molecule has 0 radical (unpaired) electrons. The molecule has 0 aliphatic carbocycles. The van der Waals surface area contributed by atoms with E-state index in [4.69, 9.17) is 17.0 Å². The van der Waals surface area contributed by atoms with E-state index in [1.807, 2.05) is 36.1 Å². The molecule has 0 saturated carbocycles. The SMILES string of the molecule is CCOc1ccc(NC(=S)N(CC[NH+](C)C)[C@H]2CCS(=O)(=O)C2)cc1. The van der Waals surface area contributed by atoms with Crippen molar-refractivity contribution in [2.45, 2.75) is 19.4 Å². The quantitative estimate of drug-likeness (QED) is 0.662. The van der Waals surface area contributed by atoms with Crippen LogP contribution in [0.5, 0.6) is 5.75 Å². The zero-order chi connectivity index (χ0) is 18.4. The first-order valence-electron chi connectivity index (χ1n) is 8.60. The Labute approximate surface area is 156 Å². The molecule has 8 heteroatoms. The molecule has 1 heterocycles. The number of anilines is 1. The van der Waals surface area contributed by atoms with E-state index >= 15 is 0 Å². The third kappa shape index (κ3) is 6.13. The highest BCUT2D eigenvalue weighted by atomic mass is 32.2. The van der Waals surface area contributed by atoms with E-state index in [2.05, 4.69) is 19.4 Å². The maximum Gasteiger partial charge on any atom is 0.173 e. The third-order valence-electron chi connectivity index (χ3n) is 4.18. The zero-order valence-corrected chi connectivity index (χ0v) is 16.8. The molecule has 0 aromatic heterocycles. The molecule has 6 nitrogen and oxygen atoms in total. The Hall–Kier alpha value is -1.38. The standard InChI is InChI=1S/C17H27N3O3S2/c1-4-23-16-7-5-14(6-8-16)18-17(24)20(11-10-19(2)3)15-9-12-25(21,22)13-15/h5-8,15H,4,9-13H2,1-3H3,(H,18,24)/p+1/t15-/m0/s1. The van der Waals surface area contributed by atoms with Gasteiger partial charge in [-0.05, 0) is 49.8 Å². The average molecular weight is 387 g/mol. The molecule has 2 rings (SSSR count). The van der Waals surface area contributed by atoms with E-state index in [1.54, 1.807) is 0 Å². The summed E-state index contributed by atoms with van der Waals surface area (Å²) in [6.45, 7) is 4.19. The Kier molecular flexibility index (Phi) is 7.04. The fourth-order valence-electron chi connectivity index (χ4n) is 2.81. The van der Waals surface area contributed by atoms with Crippen molar-refractivity contribution in [3.05, 3.63) is 24.3 Å². The normalized spacial score (nSPS) is 19.0.